The van der Waals surface area contributed by atoms with Crippen LogP contribution in [0.4, 0.5) is 0 Å². The van der Waals surface area contributed by atoms with Crippen molar-refractivity contribution in [1.82, 2.24) is 19.5 Å². The molecule has 0 spiro atoms. The summed E-state index contributed by atoms with van der Waals surface area (Å²) in [6.07, 6.45) is -1.90. The average Bonchev–Trinajstić information content (AvgIpc) is 3.63. The molecule has 0 radical (unpaired) electrons. The highest BCUT2D eigenvalue weighted by Gasteiger charge is 2.51. The molecule has 2 aromatic heterocycles. The van der Waals surface area contributed by atoms with Crippen molar-refractivity contribution in [3.05, 3.63) is 125 Å². The standard InChI is InChI=1S/C31H23ClN4O7/c32-26-23-27(34-17-33-26)36(18-35-23)28-25(43-31(39)21-14-8-3-9-15-21)24(42-30(38)20-12-6-2-7-13-20)22(41-28)16-40-29(37)19-10-4-1-5-11-19/h1-15,17-18,22,24-25,28H,16H2/t22-,24-,25-,28-/m0/s1. The number of fused-ring (bicyclic) bond motifs is 1. The minimum absolute atomic E-state index is 0.111. The summed E-state index contributed by atoms with van der Waals surface area (Å²) in [6, 6.07) is 25.1. The average molecular weight is 599 g/mol. The highest BCUT2D eigenvalue weighted by molar-refractivity contribution is 6.33. The fourth-order valence-corrected chi connectivity index (χ4v) is 4.87. The number of hydrogen-bond donors (Lipinski definition) is 0. The number of nitrogens with zero attached hydrogens (tertiary/aromatic N) is 4. The van der Waals surface area contributed by atoms with Gasteiger partial charge in [0, 0.05) is 0 Å². The molecule has 0 aliphatic carbocycles. The molecule has 216 valence electrons. The minimum atomic E-state index is -1.22. The van der Waals surface area contributed by atoms with Gasteiger partial charge in [-0.25, -0.2) is 29.3 Å². The molecule has 1 fully saturated rings. The van der Waals surface area contributed by atoms with Crippen LogP contribution in [0.3, 0.4) is 0 Å². The van der Waals surface area contributed by atoms with E-state index >= 15 is 0 Å². The van der Waals surface area contributed by atoms with Crippen molar-refractivity contribution in [2.24, 2.45) is 0 Å². The fraction of sp³-hybridized carbons (Fsp3) is 0.161. The van der Waals surface area contributed by atoms with Crippen molar-refractivity contribution in [2.45, 2.75) is 24.5 Å². The van der Waals surface area contributed by atoms with Crippen molar-refractivity contribution in [3.63, 3.8) is 0 Å². The molecule has 3 aromatic carbocycles. The zero-order chi connectivity index (χ0) is 29.8. The Labute approximate surface area is 250 Å². The molecule has 43 heavy (non-hydrogen) atoms. The van der Waals surface area contributed by atoms with Gasteiger partial charge in [0.25, 0.3) is 0 Å². The number of hydrogen-bond acceptors (Lipinski definition) is 10. The van der Waals surface area contributed by atoms with Gasteiger partial charge in [0.15, 0.2) is 29.2 Å². The molecule has 5 aromatic rings. The summed E-state index contributed by atoms with van der Waals surface area (Å²) in [6.45, 7) is -0.321. The predicted octanol–water partition coefficient (Wildman–Crippen LogP) is 4.69. The van der Waals surface area contributed by atoms with Crippen molar-refractivity contribution in [2.75, 3.05) is 6.61 Å². The Morgan fingerprint density at radius 2 is 1.26 bits per heavy atom. The van der Waals surface area contributed by atoms with E-state index in [9.17, 15) is 14.4 Å². The van der Waals surface area contributed by atoms with Crippen molar-refractivity contribution >= 4 is 40.7 Å². The number of benzene rings is 3. The lowest BCUT2D eigenvalue weighted by atomic mass is 10.1. The molecular formula is C31H23ClN4O7. The Balaban J connectivity index is 1.37. The Morgan fingerprint density at radius 3 is 1.84 bits per heavy atom. The Hall–Kier alpha value is -5.13. The van der Waals surface area contributed by atoms with Crippen LogP contribution in [0.15, 0.2) is 104 Å². The van der Waals surface area contributed by atoms with Gasteiger partial charge < -0.3 is 18.9 Å². The molecule has 12 heteroatoms. The zero-order valence-electron chi connectivity index (χ0n) is 22.4. The van der Waals surface area contributed by atoms with E-state index in [1.54, 1.807) is 91.0 Å². The van der Waals surface area contributed by atoms with Gasteiger partial charge in [0.05, 0.1) is 23.0 Å². The van der Waals surface area contributed by atoms with E-state index in [1.807, 2.05) is 0 Å². The van der Waals surface area contributed by atoms with Gasteiger partial charge in [-0.3, -0.25) is 4.57 Å². The molecule has 1 saturated heterocycles. The largest absolute Gasteiger partial charge is 0.459 e. The molecule has 11 nitrogen and oxygen atoms in total. The van der Waals surface area contributed by atoms with E-state index in [0.29, 0.717) is 11.2 Å². The third-order valence-corrected chi connectivity index (χ3v) is 7.04. The van der Waals surface area contributed by atoms with E-state index in [2.05, 4.69) is 15.0 Å². The normalized spacial score (nSPS) is 19.6. The SMILES string of the molecule is O=C(OC[C@@H]1O[C@H](n2cnc3c(Cl)ncnc32)[C@@H](OC(=O)c2ccccc2)[C@H]1OC(=O)c1ccccc1)c1ccccc1. The van der Waals surface area contributed by atoms with Crippen LogP contribution < -0.4 is 0 Å². The van der Waals surface area contributed by atoms with E-state index in [-0.39, 0.29) is 28.4 Å². The Bertz CT molecular complexity index is 1750. The minimum Gasteiger partial charge on any atom is -0.459 e. The topological polar surface area (TPSA) is 132 Å². The van der Waals surface area contributed by atoms with E-state index in [0.717, 1.165) is 0 Å². The Kier molecular flexibility index (Phi) is 8.07. The summed E-state index contributed by atoms with van der Waals surface area (Å²) in [5.41, 5.74) is 1.45. The lowest BCUT2D eigenvalue weighted by Crippen LogP contribution is -2.41. The van der Waals surface area contributed by atoms with Crippen LogP contribution in [0.2, 0.25) is 5.15 Å². The summed E-state index contributed by atoms with van der Waals surface area (Å²) in [7, 11) is 0. The van der Waals surface area contributed by atoms with Gasteiger partial charge >= 0.3 is 17.9 Å². The fourth-order valence-electron chi connectivity index (χ4n) is 4.69. The summed E-state index contributed by atoms with van der Waals surface area (Å²) in [5.74, 6) is -1.97. The lowest BCUT2D eigenvalue weighted by molar-refractivity contribution is -0.0606. The van der Waals surface area contributed by atoms with Crippen LogP contribution in [0.5, 0.6) is 0 Å². The first-order valence-corrected chi connectivity index (χ1v) is 13.6. The van der Waals surface area contributed by atoms with Gasteiger partial charge in [-0.1, -0.05) is 66.2 Å². The van der Waals surface area contributed by atoms with Crippen LogP contribution in [0, 0.1) is 0 Å². The maximum Gasteiger partial charge on any atom is 0.338 e. The quantitative estimate of drug-likeness (QED) is 0.141. The van der Waals surface area contributed by atoms with Gasteiger partial charge in [-0.15, -0.1) is 0 Å². The van der Waals surface area contributed by atoms with E-state index in [4.69, 9.17) is 30.5 Å². The number of ether oxygens (including phenoxy) is 4. The molecule has 1 aliphatic heterocycles. The van der Waals surface area contributed by atoms with Crippen LogP contribution in [-0.4, -0.2) is 62.3 Å². The van der Waals surface area contributed by atoms with Crippen molar-refractivity contribution < 1.29 is 33.3 Å². The van der Waals surface area contributed by atoms with Crippen molar-refractivity contribution in [1.29, 1.82) is 0 Å². The predicted molar refractivity (Wildman–Crippen MR) is 152 cm³/mol. The maximum atomic E-state index is 13.3. The number of esters is 3. The van der Waals surface area contributed by atoms with Crippen LogP contribution in [0.1, 0.15) is 37.3 Å². The molecule has 6 rings (SSSR count). The Morgan fingerprint density at radius 1 is 0.721 bits per heavy atom. The number of carbonyl (C=O) groups is 3. The number of halogens is 1. The van der Waals surface area contributed by atoms with Crippen LogP contribution in [-0.2, 0) is 18.9 Å². The molecule has 1 aliphatic rings. The first-order chi connectivity index (χ1) is 21.0. The van der Waals surface area contributed by atoms with E-state index in [1.165, 1.54) is 17.2 Å². The third-order valence-electron chi connectivity index (χ3n) is 6.77. The molecule has 0 amide bonds. The maximum absolute atomic E-state index is 13.3. The van der Waals surface area contributed by atoms with Crippen LogP contribution in [0.25, 0.3) is 11.2 Å². The van der Waals surface area contributed by atoms with Gasteiger partial charge in [0.1, 0.15) is 24.6 Å². The summed E-state index contributed by atoms with van der Waals surface area (Å²) in [5, 5.41) is 0.111. The monoisotopic (exact) mass is 598 g/mol. The molecule has 0 bridgehead atoms. The molecular weight excluding hydrogens is 576 g/mol. The summed E-state index contributed by atoms with van der Waals surface area (Å²) < 4.78 is 25.3. The van der Waals surface area contributed by atoms with Gasteiger partial charge in [0.2, 0.25) is 0 Å². The second kappa shape index (κ2) is 12.4. The number of imidazole rings is 1. The highest BCUT2D eigenvalue weighted by Crippen LogP contribution is 2.37. The molecule has 0 unspecified atom stereocenters. The van der Waals surface area contributed by atoms with E-state index < -0.39 is 42.4 Å². The number of rotatable bonds is 8. The first-order valence-electron chi connectivity index (χ1n) is 13.2. The number of carbonyl (C=O) groups excluding carboxylic acids is 3. The third kappa shape index (κ3) is 5.94. The highest BCUT2D eigenvalue weighted by atomic mass is 35.5. The van der Waals surface area contributed by atoms with Gasteiger partial charge in [-0.05, 0) is 36.4 Å². The molecule has 4 atom stereocenters. The molecule has 0 saturated carbocycles. The first kappa shape index (κ1) is 28.0. The molecule has 0 N–H and O–H groups in total. The zero-order valence-corrected chi connectivity index (χ0v) is 23.1. The summed E-state index contributed by atoms with van der Waals surface area (Å²) in [4.78, 5) is 51.9. The van der Waals surface area contributed by atoms with Crippen LogP contribution >= 0.6 is 11.6 Å². The second-order valence-corrected chi connectivity index (χ2v) is 9.85. The van der Waals surface area contributed by atoms with Gasteiger partial charge in [-0.2, -0.15) is 0 Å². The summed E-state index contributed by atoms with van der Waals surface area (Å²) >= 11 is 6.23. The smallest absolute Gasteiger partial charge is 0.338 e. The molecule has 3 heterocycles. The number of aromatic nitrogens is 4. The second-order valence-electron chi connectivity index (χ2n) is 9.49. The van der Waals surface area contributed by atoms with Crippen molar-refractivity contribution in [3.8, 4) is 0 Å². The lowest BCUT2D eigenvalue weighted by Gasteiger charge is -2.25.